The van der Waals surface area contributed by atoms with Crippen LogP contribution in [-0.4, -0.2) is 26.8 Å². The Kier molecular flexibility index (Phi) is 4.49. The molecule has 2 fully saturated rings. The smallest absolute Gasteiger partial charge is 0.0587 e. The number of hydrogen-bond donors (Lipinski definition) is 1. The van der Waals surface area contributed by atoms with Crippen molar-refractivity contribution in [2.75, 3.05) is 26.8 Å². The fourth-order valence-electron chi connectivity index (χ4n) is 3.96. The molecule has 2 aliphatic carbocycles. The van der Waals surface area contributed by atoms with Crippen molar-refractivity contribution < 1.29 is 4.74 Å². The average molecular weight is 293 g/mol. The molecule has 0 amide bonds. The predicted octanol–water partition coefficient (Wildman–Crippen LogP) is 3.51. The summed E-state index contributed by atoms with van der Waals surface area (Å²) >= 11 is 2.03. The molecule has 3 heteroatoms. The van der Waals surface area contributed by atoms with Crippen molar-refractivity contribution in [3.05, 3.63) is 21.9 Å². The maximum Gasteiger partial charge on any atom is 0.0587 e. The number of hydrogen-bond acceptors (Lipinski definition) is 3. The Hall–Kier alpha value is -0.380. The van der Waals surface area contributed by atoms with Crippen LogP contribution in [0.3, 0.4) is 0 Å². The summed E-state index contributed by atoms with van der Waals surface area (Å²) < 4.78 is 5.15. The fraction of sp³-hybridized carbons (Fsp3) is 0.765. The van der Waals surface area contributed by atoms with Crippen molar-refractivity contribution in [1.29, 1.82) is 0 Å². The van der Waals surface area contributed by atoms with E-state index >= 15 is 0 Å². The third kappa shape index (κ3) is 3.26. The number of nitrogens with one attached hydrogen (secondary N) is 1. The van der Waals surface area contributed by atoms with Gasteiger partial charge in [-0.2, -0.15) is 0 Å². The lowest BCUT2D eigenvalue weighted by Crippen LogP contribution is -2.36. The topological polar surface area (TPSA) is 21.3 Å². The van der Waals surface area contributed by atoms with Crippen molar-refractivity contribution in [3.8, 4) is 0 Å². The lowest BCUT2D eigenvalue weighted by molar-refractivity contribution is 0.186. The maximum atomic E-state index is 5.15. The molecule has 20 heavy (non-hydrogen) atoms. The zero-order valence-electron chi connectivity index (χ0n) is 12.8. The summed E-state index contributed by atoms with van der Waals surface area (Å²) in [6, 6.07) is 4.69. The van der Waals surface area contributed by atoms with Crippen LogP contribution < -0.4 is 5.32 Å². The van der Waals surface area contributed by atoms with Gasteiger partial charge < -0.3 is 10.1 Å². The van der Waals surface area contributed by atoms with E-state index in [0.29, 0.717) is 5.41 Å². The van der Waals surface area contributed by atoms with E-state index in [9.17, 15) is 0 Å². The fourth-order valence-corrected chi connectivity index (χ4v) is 5.09. The van der Waals surface area contributed by atoms with Crippen LogP contribution in [0.5, 0.6) is 0 Å². The molecule has 3 rings (SSSR count). The molecule has 1 aromatic rings. The first-order chi connectivity index (χ1) is 9.74. The molecule has 0 aliphatic heterocycles. The van der Waals surface area contributed by atoms with Gasteiger partial charge in [-0.25, -0.2) is 0 Å². The summed E-state index contributed by atoms with van der Waals surface area (Å²) in [6.07, 6.45) is 6.85. The highest BCUT2D eigenvalue weighted by molar-refractivity contribution is 7.11. The van der Waals surface area contributed by atoms with Crippen LogP contribution in [-0.2, 0) is 17.6 Å². The monoisotopic (exact) mass is 293 g/mol. The summed E-state index contributed by atoms with van der Waals surface area (Å²) in [4.78, 5) is 3.13. The quantitative estimate of drug-likeness (QED) is 0.741. The molecule has 0 bridgehead atoms. The second-order valence-electron chi connectivity index (χ2n) is 6.73. The predicted molar refractivity (Wildman–Crippen MR) is 85.4 cm³/mol. The standard InChI is InChI=1S/C17H27NOS/c1-3-15-4-5-16(20-15)11-17(12-18-6-7-19-2)9-13-8-14(13)10-17/h4-5,13-14,18H,3,6-12H2,1-2H3. The Labute approximate surface area is 126 Å². The molecule has 1 heterocycles. The van der Waals surface area contributed by atoms with E-state index in [1.165, 1.54) is 43.5 Å². The van der Waals surface area contributed by atoms with E-state index in [1.54, 1.807) is 12.0 Å². The second-order valence-corrected chi connectivity index (χ2v) is 7.98. The van der Waals surface area contributed by atoms with Gasteiger partial charge in [0.1, 0.15) is 0 Å². The normalized spacial score (nSPS) is 31.5. The molecule has 0 spiro atoms. The molecule has 1 aromatic heterocycles. The van der Waals surface area contributed by atoms with Crippen molar-refractivity contribution in [2.24, 2.45) is 17.3 Å². The van der Waals surface area contributed by atoms with Crippen LogP contribution in [0.1, 0.15) is 35.9 Å². The zero-order valence-corrected chi connectivity index (χ0v) is 13.6. The van der Waals surface area contributed by atoms with Crippen LogP contribution in [0.2, 0.25) is 0 Å². The number of aryl methyl sites for hydroxylation is 1. The molecule has 2 unspecified atom stereocenters. The molecular formula is C17H27NOS. The Morgan fingerprint density at radius 2 is 2.05 bits per heavy atom. The third-order valence-electron chi connectivity index (χ3n) is 5.06. The first-order valence-corrected chi connectivity index (χ1v) is 8.83. The van der Waals surface area contributed by atoms with Crippen LogP contribution in [0, 0.1) is 17.3 Å². The minimum absolute atomic E-state index is 0.525. The maximum absolute atomic E-state index is 5.15. The molecule has 2 nitrogen and oxygen atoms in total. The van der Waals surface area contributed by atoms with E-state index < -0.39 is 0 Å². The highest BCUT2D eigenvalue weighted by Gasteiger charge is 2.53. The molecule has 0 saturated heterocycles. The van der Waals surface area contributed by atoms with Gasteiger partial charge in [-0.05, 0) is 61.5 Å². The van der Waals surface area contributed by atoms with Gasteiger partial charge in [-0.3, -0.25) is 0 Å². The van der Waals surface area contributed by atoms with E-state index in [1.807, 2.05) is 11.3 Å². The summed E-state index contributed by atoms with van der Waals surface area (Å²) in [6.45, 7) is 5.23. The first kappa shape index (κ1) is 14.6. The van der Waals surface area contributed by atoms with Gasteiger partial charge in [0.05, 0.1) is 6.61 Å². The summed E-state index contributed by atoms with van der Waals surface area (Å²) in [5.41, 5.74) is 0.525. The molecule has 2 saturated carbocycles. The molecule has 0 radical (unpaired) electrons. The molecule has 2 aliphatic rings. The van der Waals surface area contributed by atoms with Crippen LogP contribution in [0.15, 0.2) is 12.1 Å². The second kappa shape index (κ2) is 6.17. The summed E-state index contributed by atoms with van der Waals surface area (Å²) in [7, 11) is 1.78. The highest BCUT2D eigenvalue weighted by atomic mass is 32.1. The van der Waals surface area contributed by atoms with Gasteiger partial charge in [0.25, 0.3) is 0 Å². The summed E-state index contributed by atoms with van der Waals surface area (Å²) in [5.74, 6) is 2.09. The van der Waals surface area contributed by atoms with Crippen LogP contribution >= 0.6 is 11.3 Å². The minimum atomic E-state index is 0.525. The van der Waals surface area contributed by atoms with Gasteiger partial charge in [-0.1, -0.05) is 6.92 Å². The van der Waals surface area contributed by atoms with Gasteiger partial charge in [0.15, 0.2) is 0 Å². The van der Waals surface area contributed by atoms with E-state index in [0.717, 1.165) is 25.0 Å². The minimum Gasteiger partial charge on any atom is -0.383 e. The number of thiophene rings is 1. The van der Waals surface area contributed by atoms with E-state index in [2.05, 4.69) is 24.4 Å². The lowest BCUT2D eigenvalue weighted by Gasteiger charge is -2.31. The third-order valence-corrected chi connectivity index (χ3v) is 6.29. The van der Waals surface area contributed by atoms with Gasteiger partial charge in [0, 0.05) is 30.0 Å². The van der Waals surface area contributed by atoms with Crippen molar-refractivity contribution in [1.82, 2.24) is 5.32 Å². The van der Waals surface area contributed by atoms with Crippen molar-refractivity contribution in [3.63, 3.8) is 0 Å². The van der Waals surface area contributed by atoms with Gasteiger partial charge in [-0.15, -0.1) is 11.3 Å². The highest BCUT2D eigenvalue weighted by Crippen LogP contribution is 2.60. The van der Waals surface area contributed by atoms with Crippen molar-refractivity contribution in [2.45, 2.75) is 39.0 Å². The van der Waals surface area contributed by atoms with Gasteiger partial charge in [0.2, 0.25) is 0 Å². The van der Waals surface area contributed by atoms with Crippen molar-refractivity contribution >= 4 is 11.3 Å². The molecule has 1 N–H and O–H groups in total. The average Bonchev–Trinajstić information content (AvgIpc) is 2.89. The van der Waals surface area contributed by atoms with E-state index in [-0.39, 0.29) is 0 Å². The SMILES string of the molecule is CCc1ccc(CC2(CNCCOC)CC3CC3C2)s1. The Morgan fingerprint density at radius 1 is 1.30 bits per heavy atom. The zero-order chi connectivity index (χ0) is 14.0. The summed E-state index contributed by atoms with van der Waals surface area (Å²) in [5, 5.41) is 3.63. The number of methoxy groups -OCH3 is 1. The largest absolute Gasteiger partial charge is 0.383 e. The number of ether oxygens (including phenoxy) is 1. The Balaban J connectivity index is 1.60. The lowest BCUT2D eigenvalue weighted by atomic mass is 9.79. The molecular weight excluding hydrogens is 266 g/mol. The van der Waals surface area contributed by atoms with Gasteiger partial charge >= 0.3 is 0 Å². The van der Waals surface area contributed by atoms with Crippen LogP contribution in [0.25, 0.3) is 0 Å². The van der Waals surface area contributed by atoms with E-state index in [4.69, 9.17) is 4.74 Å². The molecule has 2 atom stereocenters. The number of fused-ring (bicyclic) bond motifs is 1. The molecule has 112 valence electrons. The van der Waals surface area contributed by atoms with Crippen LogP contribution in [0.4, 0.5) is 0 Å². The first-order valence-electron chi connectivity index (χ1n) is 8.02. The molecule has 0 aromatic carbocycles. The number of rotatable bonds is 8. The Bertz CT molecular complexity index is 432. The Morgan fingerprint density at radius 3 is 2.70 bits per heavy atom.